The largest absolute Gasteiger partial charge is 0.456 e. The molecule has 0 spiro atoms. The van der Waals surface area contributed by atoms with Crippen molar-refractivity contribution in [2.24, 2.45) is 0 Å². The van der Waals surface area contributed by atoms with E-state index < -0.39 is 0 Å². The molecule has 0 aliphatic rings. The average molecular weight is 687 g/mol. The van der Waals surface area contributed by atoms with Crippen molar-refractivity contribution >= 4 is 87.0 Å². The second-order valence-electron chi connectivity index (χ2n) is 14.4. The Bertz CT molecular complexity index is 3440. The highest BCUT2D eigenvalue weighted by Gasteiger charge is 2.19. The molecule has 0 atom stereocenters. The van der Waals surface area contributed by atoms with Crippen LogP contribution in [-0.2, 0) is 0 Å². The lowest BCUT2D eigenvalue weighted by molar-refractivity contribution is 0.664. The smallest absolute Gasteiger partial charge is 0.136 e. The van der Waals surface area contributed by atoms with Gasteiger partial charge < -0.3 is 8.83 Å². The summed E-state index contributed by atoms with van der Waals surface area (Å²) in [5.74, 6) is 0. The van der Waals surface area contributed by atoms with Crippen LogP contribution in [0.25, 0.3) is 120 Å². The Balaban J connectivity index is 1.02. The predicted molar refractivity (Wildman–Crippen MR) is 227 cm³/mol. The normalized spacial score (nSPS) is 12.1. The van der Waals surface area contributed by atoms with Gasteiger partial charge in [-0.15, -0.1) is 0 Å². The summed E-state index contributed by atoms with van der Waals surface area (Å²) in [7, 11) is 0. The fourth-order valence-electron chi connectivity index (χ4n) is 8.94. The van der Waals surface area contributed by atoms with Gasteiger partial charge in [0.25, 0.3) is 0 Å². The van der Waals surface area contributed by atoms with E-state index in [1.54, 1.807) is 0 Å². The van der Waals surface area contributed by atoms with Crippen LogP contribution in [0, 0.1) is 0 Å². The van der Waals surface area contributed by atoms with Gasteiger partial charge in [0.1, 0.15) is 22.3 Å². The molecule has 10 aromatic carbocycles. The molecule has 0 bridgehead atoms. The number of para-hydroxylation sites is 1. The van der Waals surface area contributed by atoms with Crippen molar-refractivity contribution in [2.75, 3.05) is 0 Å². The third-order valence-corrected chi connectivity index (χ3v) is 11.4. The SMILES string of the molecule is c1cc(-c2ccc3cc4c(cc3c2)oc2cc3c(cc24)oc2ccccc23)cc(-c2c3ccccc3c(-c3cccc4ccccc34)c3ccccc23)c1. The fourth-order valence-corrected chi connectivity index (χ4v) is 8.94. The second-order valence-corrected chi connectivity index (χ2v) is 14.4. The zero-order valence-corrected chi connectivity index (χ0v) is 29.1. The van der Waals surface area contributed by atoms with Crippen LogP contribution in [0.4, 0.5) is 0 Å². The number of furan rings is 2. The quantitative estimate of drug-likeness (QED) is 0.173. The third-order valence-electron chi connectivity index (χ3n) is 11.4. The van der Waals surface area contributed by atoms with Crippen molar-refractivity contribution in [3.63, 3.8) is 0 Å². The van der Waals surface area contributed by atoms with Gasteiger partial charge in [0.15, 0.2) is 0 Å². The Morgan fingerprint density at radius 1 is 0.241 bits per heavy atom. The molecular formula is C52H30O2. The Labute approximate surface area is 310 Å². The van der Waals surface area contributed by atoms with Crippen LogP contribution in [0.3, 0.4) is 0 Å². The van der Waals surface area contributed by atoms with Crippen molar-refractivity contribution in [1.29, 1.82) is 0 Å². The highest BCUT2D eigenvalue weighted by Crippen LogP contribution is 2.46. The van der Waals surface area contributed by atoms with Crippen LogP contribution < -0.4 is 0 Å². The summed E-state index contributed by atoms with van der Waals surface area (Å²) in [5.41, 5.74) is 10.9. The van der Waals surface area contributed by atoms with Crippen LogP contribution in [0.2, 0.25) is 0 Å². The summed E-state index contributed by atoms with van der Waals surface area (Å²) in [5, 5.41) is 14.2. The van der Waals surface area contributed by atoms with Gasteiger partial charge in [-0.1, -0.05) is 140 Å². The zero-order chi connectivity index (χ0) is 35.3. The molecule has 0 unspecified atom stereocenters. The molecule has 2 nitrogen and oxygen atoms in total. The van der Waals surface area contributed by atoms with Crippen molar-refractivity contribution in [2.45, 2.75) is 0 Å². The van der Waals surface area contributed by atoms with Gasteiger partial charge >= 0.3 is 0 Å². The number of fused-ring (bicyclic) bond motifs is 10. The Kier molecular flexibility index (Phi) is 6.09. The monoisotopic (exact) mass is 686 g/mol. The number of benzene rings is 10. The van der Waals surface area contributed by atoms with Gasteiger partial charge in [0.05, 0.1) is 0 Å². The molecule has 0 aliphatic carbocycles. The number of hydrogen-bond acceptors (Lipinski definition) is 2. The Morgan fingerprint density at radius 2 is 0.778 bits per heavy atom. The van der Waals surface area contributed by atoms with E-state index in [9.17, 15) is 0 Å². The van der Waals surface area contributed by atoms with Crippen molar-refractivity contribution in [3.05, 3.63) is 182 Å². The highest BCUT2D eigenvalue weighted by molar-refractivity contribution is 6.24. The topological polar surface area (TPSA) is 26.3 Å². The maximum Gasteiger partial charge on any atom is 0.136 e. The molecular weight excluding hydrogens is 657 g/mol. The van der Waals surface area contributed by atoms with E-state index in [1.165, 1.54) is 71.1 Å². The minimum absolute atomic E-state index is 0.873. The molecule has 12 rings (SSSR count). The molecule has 2 heteroatoms. The average Bonchev–Trinajstić information content (AvgIpc) is 3.77. The van der Waals surface area contributed by atoms with Gasteiger partial charge in [-0.25, -0.2) is 0 Å². The molecule has 12 aromatic rings. The Hall–Kier alpha value is -7.16. The summed E-state index contributed by atoms with van der Waals surface area (Å²) in [6, 6.07) is 65.8. The maximum absolute atomic E-state index is 6.51. The summed E-state index contributed by atoms with van der Waals surface area (Å²) in [6.07, 6.45) is 0. The van der Waals surface area contributed by atoms with E-state index >= 15 is 0 Å². The molecule has 0 amide bonds. The van der Waals surface area contributed by atoms with Gasteiger partial charge in [-0.2, -0.15) is 0 Å². The molecule has 0 saturated heterocycles. The lowest BCUT2D eigenvalue weighted by Gasteiger charge is -2.19. The van der Waals surface area contributed by atoms with Crippen molar-refractivity contribution in [3.8, 4) is 33.4 Å². The van der Waals surface area contributed by atoms with Crippen molar-refractivity contribution in [1.82, 2.24) is 0 Å². The van der Waals surface area contributed by atoms with Gasteiger partial charge in [-0.3, -0.25) is 0 Å². The zero-order valence-electron chi connectivity index (χ0n) is 29.1. The highest BCUT2D eigenvalue weighted by atomic mass is 16.3. The minimum atomic E-state index is 0.873. The van der Waals surface area contributed by atoms with E-state index in [0.717, 1.165) is 49.3 Å². The van der Waals surface area contributed by atoms with Crippen molar-refractivity contribution < 1.29 is 8.83 Å². The summed E-state index contributed by atoms with van der Waals surface area (Å²) in [4.78, 5) is 0. The summed E-state index contributed by atoms with van der Waals surface area (Å²) in [6.45, 7) is 0. The minimum Gasteiger partial charge on any atom is -0.456 e. The number of hydrogen-bond donors (Lipinski definition) is 0. The van der Waals surface area contributed by atoms with Crippen LogP contribution in [0.15, 0.2) is 191 Å². The van der Waals surface area contributed by atoms with E-state index in [1.807, 2.05) is 18.2 Å². The first kappa shape index (κ1) is 29.4. The lowest BCUT2D eigenvalue weighted by Crippen LogP contribution is -1.92. The van der Waals surface area contributed by atoms with Crippen LogP contribution in [0.1, 0.15) is 0 Å². The van der Waals surface area contributed by atoms with E-state index in [0.29, 0.717) is 0 Å². The first-order valence-corrected chi connectivity index (χ1v) is 18.5. The molecule has 54 heavy (non-hydrogen) atoms. The Morgan fingerprint density at radius 3 is 1.56 bits per heavy atom. The summed E-state index contributed by atoms with van der Waals surface area (Å²) < 4.78 is 12.7. The maximum atomic E-state index is 6.51. The van der Waals surface area contributed by atoms with Gasteiger partial charge in [0, 0.05) is 21.5 Å². The molecule has 0 saturated carbocycles. The molecule has 2 aromatic heterocycles. The van der Waals surface area contributed by atoms with E-state index in [-0.39, 0.29) is 0 Å². The third kappa shape index (κ3) is 4.28. The fraction of sp³-hybridized carbons (Fsp3) is 0. The van der Waals surface area contributed by atoms with E-state index in [4.69, 9.17) is 8.83 Å². The standard InChI is InChI=1S/C52H30O2/c1-2-15-37-31(11-1)12-10-21-39(37)52-42-19-5-3-17-40(42)51(41-18-4-6-20-43(41)52)35-14-9-13-32(25-35)33-23-24-34-27-44-46-30-49-45(38-16-7-8-22-47(38)53-49)29-50(46)54-48(44)28-36(34)26-33/h1-30H. The molecule has 250 valence electrons. The first-order valence-electron chi connectivity index (χ1n) is 18.5. The van der Waals surface area contributed by atoms with Crippen LogP contribution >= 0.6 is 0 Å². The molecule has 0 radical (unpaired) electrons. The predicted octanol–water partition coefficient (Wildman–Crippen LogP) is 15.1. The molecule has 0 fully saturated rings. The molecule has 0 aliphatic heterocycles. The van der Waals surface area contributed by atoms with Crippen LogP contribution in [0.5, 0.6) is 0 Å². The lowest BCUT2D eigenvalue weighted by atomic mass is 9.84. The molecule has 2 heterocycles. The van der Waals surface area contributed by atoms with Crippen LogP contribution in [-0.4, -0.2) is 0 Å². The van der Waals surface area contributed by atoms with Gasteiger partial charge in [0.2, 0.25) is 0 Å². The molecule has 0 N–H and O–H groups in total. The van der Waals surface area contributed by atoms with E-state index in [2.05, 4.69) is 164 Å². The second kappa shape index (κ2) is 11.2. The summed E-state index contributed by atoms with van der Waals surface area (Å²) >= 11 is 0. The first-order chi connectivity index (χ1) is 26.7. The van der Waals surface area contributed by atoms with Gasteiger partial charge in [-0.05, 0) is 119 Å². The number of rotatable bonds is 3.